The van der Waals surface area contributed by atoms with Gasteiger partial charge in [0.2, 0.25) is 5.88 Å². The van der Waals surface area contributed by atoms with Gasteiger partial charge in [0.25, 0.3) is 5.91 Å². The molecule has 0 aliphatic heterocycles. The number of aryl methyl sites for hydroxylation is 2. The zero-order valence-corrected chi connectivity index (χ0v) is 13.7. The number of methoxy groups -OCH3 is 1. The van der Waals surface area contributed by atoms with Crippen LogP contribution in [0.1, 0.15) is 34.2 Å². The van der Waals surface area contributed by atoms with Crippen LogP contribution in [0.2, 0.25) is 0 Å². The lowest BCUT2D eigenvalue weighted by molar-refractivity contribution is 0.0936. The number of rotatable bonds is 5. The van der Waals surface area contributed by atoms with Gasteiger partial charge in [-0.2, -0.15) is 5.10 Å². The first-order valence-electron chi connectivity index (χ1n) is 7.23. The largest absolute Gasteiger partial charge is 0.480 e. The maximum Gasteiger partial charge on any atom is 0.256 e. The van der Waals surface area contributed by atoms with Crippen LogP contribution in [0.15, 0.2) is 18.3 Å². The molecule has 6 heteroatoms. The Balaban J connectivity index is 2.08. The Bertz CT molecular complexity index is 679. The van der Waals surface area contributed by atoms with Gasteiger partial charge in [-0.1, -0.05) is 0 Å². The second-order valence-corrected chi connectivity index (χ2v) is 5.41. The minimum Gasteiger partial charge on any atom is -0.480 e. The molecule has 118 valence electrons. The summed E-state index contributed by atoms with van der Waals surface area (Å²) in [5.74, 6) is 0.151. The number of amides is 1. The Hall–Kier alpha value is -2.37. The molecule has 1 amide bonds. The van der Waals surface area contributed by atoms with Gasteiger partial charge in [0.05, 0.1) is 12.8 Å². The highest BCUT2D eigenvalue weighted by molar-refractivity contribution is 5.96. The third-order valence-electron chi connectivity index (χ3n) is 3.76. The summed E-state index contributed by atoms with van der Waals surface area (Å²) in [5.41, 5.74) is 3.74. The van der Waals surface area contributed by atoms with Crippen molar-refractivity contribution in [2.24, 2.45) is 7.05 Å². The van der Waals surface area contributed by atoms with E-state index in [2.05, 4.69) is 15.4 Å². The average Bonchev–Trinajstić information content (AvgIpc) is 2.73. The summed E-state index contributed by atoms with van der Waals surface area (Å²) in [5, 5.41) is 7.39. The van der Waals surface area contributed by atoms with Crippen LogP contribution in [-0.2, 0) is 13.5 Å². The Labute approximate surface area is 130 Å². The lowest BCUT2D eigenvalue weighted by Crippen LogP contribution is -2.34. The van der Waals surface area contributed by atoms with E-state index in [1.165, 1.54) is 12.7 Å². The molecule has 6 nitrogen and oxygen atoms in total. The van der Waals surface area contributed by atoms with E-state index in [9.17, 15) is 4.79 Å². The summed E-state index contributed by atoms with van der Waals surface area (Å²) in [6.07, 6.45) is 2.33. The molecule has 0 spiro atoms. The molecule has 0 radical (unpaired) electrons. The molecule has 2 aromatic heterocycles. The summed E-state index contributed by atoms with van der Waals surface area (Å²) in [4.78, 5) is 16.4. The van der Waals surface area contributed by atoms with Crippen molar-refractivity contribution in [3.8, 4) is 5.88 Å². The van der Waals surface area contributed by atoms with Crippen molar-refractivity contribution < 1.29 is 9.53 Å². The third kappa shape index (κ3) is 3.27. The fourth-order valence-corrected chi connectivity index (χ4v) is 2.50. The zero-order chi connectivity index (χ0) is 16.3. The van der Waals surface area contributed by atoms with E-state index in [0.29, 0.717) is 11.4 Å². The number of nitrogens with zero attached hydrogens (tertiary/aromatic N) is 3. The second kappa shape index (κ2) is 6.60. The highest BCUT2D eigenvalue weighted by atomic mass is 16.5. The van der Waals surface area contributed by atoms with Crippen LogP contribution in [0, 0.1) is 13.8 Å². The van der Waals surface area contributed by atoms with Gasteiger partial charge in [0, 0.05) is 25.0 Å². The van der Waals surface area contributed by atoms with Gasteiger partial charge >= 0.3 is 0 Å². The summed E-state index contributed by atoms with van der Waals surface area (Å²) in [7, 11) is 3.43. The molecule has 0 aliphatic rings. The fraction of sp³-hybridized carbons (Fsp3) is 0.438. The first-order valence-corrected chi connectivity index (χ1v) is 7.23. The van der Waals surface area contributed by atoms with Crippen LogP contribution in [-0.4, -0.2) is 33.8 Å². The summed E-state index contributed by atoms with van der Waals surface area (Å²) in [6, 6.07) is 3.41. The van der Waals surface area contributed by atoms with E-state index in [-0.39, 0.29) is 11.9 Å². The summed E-state index contributed by atoms with van der Waals surface area (Å²) < 4.78 is 6.99. The predicted molar refractivity (Wildman–Crippen MR) is 84.1 cm³/mol. The maximum atomic E-state index is 12.3. The first-order chi connectivity index (χ1) is 10.4. The minimum absolute atomic E-state index is 0.0148. The van der Waals surface area contributed by atoms with E-state index in [4.69, 9.17) is 4.74 Å². The molecule has 2 aromatic rings. The van der Waals surface area contributed by atoms with Crippen molar-refractivity contribution in [3.05, 3.63) is 40.8 Å². The monoisotopic (exact) mass is 302 g/mol. The molecule has 22 heavy (non-hydrogen) atoms. The van der Waals surface area contributed by atoms with Gasteiger partial charge in [-0.15, -0.1) is 0 Å². The Morgan fingerprint density at radius 2 is 2.18 bits per heavy atom. The molecule has 0 saturated carbocycles. The Morgan fingerprint density at radius 3 is 2.77 bits per heavy atom. The number of hydrogen-bond donors (Lipinski definition) is 1. The number of nitrogens with one attached hydrogen (secondary N) is 1. The minimum atomic E-state index is -0.184. The van der Waals surface area contributed by atoms with Gasteiger partial charge in [-0.25, -0.2) is 4.98 Å². The van der Waals surface area contributed by atoms with Gasteiger partial charge in [0.15, 0.2) is 0 Å². The Kier molecular flexibility index (Phi) is 4.80. The fourth-order valence-electron chi connectivity index (χ4n) is 2.50. The molecule has 0 bridgehead atoms. The second-order valence-electron chi connectivity index (χ2n) is 5.41. The van der Waals surface area contributed by atoms with Crippen molar-refractivity contribution in [2.45, 2.75) is 33.2 Å². The van der Waals surface area contributed by atoms with Crippen molar-refractivity contribution in [3.63, 3.8) is 0 Å². The molecule has 0 aromatic carbocycles. The van der Waals surface area contributed by atoms with E-state index >= 15 is 0 Å². The van der Waals surface area contributed by atoms with Gasteiger partial charge in [-0.05, 0) is 44.9 Å². The molecule has 0 fully saturated rings. The normalized spacial score (nSPS) is 12.0. The molecule has 2 heterocycles. The van der Waals surface area contributed by atoms with Crippen LogP contribution in [0.4, 0.5) is 0 Å². The number of aromatic nitrogens is 3. The van der Waals surface area contributed by atoms with Crippen molar-refractivity contribution in [1.29, 1.82) is 0 Å². The highest BCUT2D eigenvalue weighted by Crippen LogP contribution is 2.16. The van der Waals surface area contributed by atoms with Crippen LogP contribution in [0.3, 0.4) is 0 Å². The molecule has 2 rings (SSSR count). The molecular weight excluding hydrogens is 280 g/mol. The predicted octanol–water partition coefficient (Wildman–Crippen LogP) is 1.80. The van der Waals surface area contributed by atoms with Crippen LogP contribution in [0.5, 0.6) is 5.88 Å². The van der Waals surface area contributed by atoms with E-state index in [1.807, 2.05) is 32.5 Å². The summed E-state index contributed by atoms with van der Waals surface area (Å²) in [6.45, 7) is 6.00. The molecule has 1 N–H and O–H groups in total. The number of pyridine rings is 1. The molecule has 0 unspecified atom stereocenters. The van der Waals surface area contributed by atoms with Gasteiger partial charge in [0.1, 0.15) is 5.56 Å². The van der Waals surface area contributed by atoms with E-state index in [0.717, 1.165) is 17.8 Å². The van der Waals surface area contributed by atoms with Crippen LogP contribution >= 0.6 is 0 Å². The number of hydrogen-bond acceptors (Lipinski definition) is 4. The van der Waals surface area contributed by atoms with Crippen molar-refractivity contribution in [2.75, 3.05) is 7.11 Å². The quantitative estimate of drug-likeness (QED) is 0.914. The highest BCUT2D eigenvalue weighted by Gasteiger charge is 2.18. The molecule has 0 aliphatic carbocycles. The van der Waals surface area contributed by atoms with E-state index < -0.39 is 0 Å². The molecular formula is C16H22N4O2. The third-order valence-corrected chi connectivity index (χ3v) is 3.76. The zero-order valence-electron chi connectivity index (χ0n) is 13.7. The lowest BCUT2D eigenvalue weighted by atomic mass is 10.0. The molecule has 0 saturated heterocycles. The van der Waals surface area contributed by atoms with Crippen molar-refractivity contribution >= 4 is 5.91 Å². The number of carbonyl (C=O) groups excluding carboxylic acids is 1. The topological polar surface area (TPSA) is 69.0 Å². The van der Waals surface area contributed by atoms with Gasteiger partial charge in [-0.3, -0.25) is 9.48 Å². The smallest absolute Gasteiger partial charge is 0.256 e. The average molecular weight is 302 g/mol. The standard InChI is InChI=1S/C16H22N4O2/c1-10(9-14-11(2)19-20(4)12(14)3)18-15(21)13-7-6-8-17-16(13)22-5/h6-8,10H,9H2,1-5H3,(H,18,21)/t10-/m1/s1. The van der Waals surface area contributed by atoms with E-state index in [1.54, 1.807) is 18.3 Å². The lowest BCUT2D eigenvalue weighted by Gasteiger charge is -2.15. The Morgan fingerprint density at radius 1 is 1.45 bits per heavy atom. The SMILES string of the molecule is COc1ncccc1C(=O)N[C@H](C)Cc1c(C)nn(C)c1C. The van der Waals surface area contributed by atoms with Crippen molar-refractivity contribution in [1.82, 2.24) is 20.1 Å². The first kappa shape index (κ1) is 16.0. The number of ether oxygens (including phenoxy) is 1. The van der Waals surface area contributed by atoms with Crippen LogP contribution in [0.25, 0.3) is 0 Å². The molecule has 1 atom stereocenters. The number of carbonyl (C=O) groups is 1. The van der Waals surface area contributed by atoms with Gasteiger partial charge < -0.3 is 10.1 Å². The summed E-state index contributed by atoms with van der Waals surface area (Å²) >= 11 is 0. The van der Waals surface area contributed by atoms with Crippen LogP contribution < -0.4 is 10.1 Å². The maximum absolute atomic E-state index is 12.3.